The normalized spacial score (nSPS) is 17.5. The number of nitrogens with zero attached hydrogens (tertiary/aromatic N) is 4. The predicted octanol–water partition coefficient (Wildman–Crippen LogP) is 3.81. The molecular formula is C24H33FN6O. The van der Waals surface area contributed by atoms with Gasteiger partial charge >= 0.3 is 0 Å². The zero-order chi connectivity index (χ0) is 22.9. The highest BCUT2D eigenvalue weighted by atomic mass is 19.1. The number of piperidine rings is 1. The second-order valence-electron chi connectivity index (χ2n) is 9.57. The van der Waals surface area contributed by atoms with Crippen molar-refractivity contribution in [1.29, 1.82) is 0 Å². The summed E-state index contributed by atoms with van der Waals surface area (Å²) in [4.78, 5) is 26.1. The second kappa shape index (κ2) is 9.02. The Hall–Kier alpha value is -2.74. The maximum absolute atomic E-state index is 14.2. The van der Waals surface area contributed by atoms with E-state index >= 15 is 0 Å². The molecular weight excluding hydrogens is 407 g/mol. The van der Waals surface area contributed by atoms with Gasteiger partial charge < -0.3 is 20.4 Å². The molecule has 32 heavy (non-hydrogen) atoms. The van der Waals surface area contributed by atoms with Crippen molar-refractivity contribution in [3.8, 4) is 0 Å². The molecule has 0 unspecified atom stereocenters. The summed E-state index contributed by atoms with van der Waals surface area (Å²) >= 11 is 0. The summed E-state index contributed by atoms with van der Waals surface area (Å²) in [6, 6.07) is 4.28. The zero-order valence-electron chi connectivity index (χ0n) is 19.4. The van der Waals surface area contributed by atoms with Crippen LogP contribution < -0.4 is 15.5 Å². The maximum Gasteiger partial charge on any atom is 0.256 e. The molecule has 2 N–H and O–H groups in total. The van der Waals surface area contributed by atoms with Crippen LogP contribution in [0, 0.1) is 11.2 Å². The van der Waals surface area contributed by atoms with Crippen molar-refractivity contribution in [2.24, 2.45) is 5.41 Å². The van der Waals surface area contributed by atoms with E-state index in [0.717, 1.165) is 50.5 Å². The van der Waals surface area contributed by atoms with Gasteiger partial charge in [0.05, 0.1) is 17.4 Å². The first kappa shape index (κ1) is 22.5. The number of aromatic nitrogens is 2. The van der Waals surface area contributed by atoms with Crippen LogP contribution in [0.15, 0.2) is 30.7 Å². The van der Waals surface area contributed by atoms with Crippen LogP contribution in [0.5, 0.6) is 0 Å². The average molecular weight is 441 g/mol. The standard InChI is InChI=1S/C24H33FN6O/c1-16(2)31(17(3)4)23(32)19-11-18(25)5-6-20(19)29-21-12-26-15-28-22(21)30-9-7-24(8-10-30)13-27-14-24/h5-6,11-12,15-17,27,29H,7-10,13-14H2,1-4H3. The fraction of sp³-hybridized carbons (Fsp3) is 0.542. The van der Waals surface area contributed by atoms with Gasteiger partial charge in [0.1, 0.15) is 17.8 Å². The van der Waals surface area contributed by atoms with Crippen molar-refractivity contribution in [3.63, 3.8) is 0 Å². The van der Waals surface area contributed by atoms with Crippen LogP contribution >= 0.6 is 0 Å². The van der Waals surface area contributed by atoms with E-state index in [1.807, 2.05) is 27.7 Å². The molecule has 0 radical (unpaired) electrons. The minimum absolute atomic E-state index is 0.00379. The predicted molar refractivity (Wildman–Crippen MR) is 125 cm³/mol. The fourth-order valence-corrected chi connectivity index (χ4v) is 4.84. The molecule has 172 valence electrons. The third-order valence-corrected chi connectivity index (χ3v) is 6.64. The average Bonchev–Trinajstić information content (AvgIpc) is 2.74. The summed E-state index contributed by atoms with van der Waals surface area (Å²) in [5, 5.41) is 6.73. The van der Waals surface area contributed by atoms with Crippen LogP contribution in [-0.4, -0.2) is 59.0 Å². The molecule has 0 bridgehead atoms. The van der Waals surface area contributed by atoms with E-state index in [9.17, 15) is 9.18 Å². The lowest BCUT2D eigenvalue weighted by atomic mass is 9.73. The first-order valence-electron chi connectivity index (χ1n) is 11.4. The molecule has 2 saturated heterocycles. The van der Waals surface area contributed by atoms with E-state index in [-0.39, 0.29) is 18.0 Å². The first-order valence-corrected chi connectivity index (χ1v) is 11.4. The molecule has 7 nitrogen and oxygen atoms in total. The molecule has 2 fully saturated rings. The number of benzene rings is 1. The molecule has 1 spiro atoms. The Morgan fingerprint density at radius 2 is 1.84 bits per heavy atom. The van der Waals surface area contributed by atoms with Crippen LogP contribution in [0.4, 0.5) is 21.6 Å². The van der Waals surface area contributed by atoms with Crippen LogP contribution in [0.2, 0.25) is 0 Å². The van der Waals surface area contributed by atoms with Crippen LogP contribution in [0.3, 0.4) is 0 Å². The smallest absolute Gasteiger partial charge is 0.256 e. The summed E-state index contributed by atoms with van der Waals surface area (Å²) in [5.74, 6) is 0.175. The van der Waals surface area contributed by atoms with Crippen LogP contribution in [-0.2, 0) is 0 Å². The Morgan fingerprint density at radius 3 is 2.44 bits per heavy atom. The number of carbonyl (C=O) groups is 1. The van der Waals surface area contributed by atoms with Crippen LogP contribution in [0.25, 0.3) is 0 Å². The lowest BCUT2D eigenvalue weighted by Gasteiger charge is -2.48. The SMILES string of the molecule is CC(C)N(C(=O)c1cc(F)ccc1Nc1cncnc1N1CCC2(CC1)CNC2)C(C)C. The highest BCUT2D eigenvalue weighted by Crippen LogP contribution is 2.38. The summed E-state index contributed by atoms with van der Waals surface area (Å²) in [7, 11) is 0. The Kier molecular flexibility index (Phi) is 6.33. The number of nitrogens with one attached hydrogen (secondary N) is 2. The molecule has 2 aromatic rings. The number of hydrogen-bond donors (Lipinski definition) is 2. The number of carbonyl (C=O) groups excluding carboxylic acids is 1. The Balaban J connectivity index is 1.61. The molecule has 8 heteroatoms. The van der Waals surface area contributed by atoms with Crippen molar-refractivity contribution >= 4 is 23.1 Å². The molecule has 0 atom stereocenters. The van der Waals surface area contributed by atoms with E-state index < -0.39 is 5.82 Å². The van der Waals surface area contributed by atoms with Gasteiger partial charge in [-0.2, -0.15) is 0 Å². The van der Waals surface area contributed by atoms with Gasteiger partial charge in [-0.25, -0.2) is 14.4 Å². The van der Waals surface area contributed by atoms with E-state index in [1.54, 1.807) is 23.5 Å². The van der Waals surface area contributed by atoms with Gasteiger partial charge in [0.25, 0.3) is 5.91 Å². The van der Waals surface area contributed by atoms with Crippen molar-refractivity contribution in [2.75, 3.05) is 36.4 Å². The summed E-state index contributed by atoms with van der Waals surface area (Å²) in [5.41, 5.74) is 2.01. The third-order valence-electron chi connectivity index (χ3n) is 6.64. The highest BCUT2D eigenvalue weighted by Gasteiger charge is 2.40. The third kappa shape index (κ3) is 4.41. The largest absolute Gasteiger partial charge is 0.355 e. The van der Waals surface area contributed by atoms with Gasteiger partial charge in [-0.3, -0.25) is 4.79 Å². The fourth-order valence-electron chi connectivity index (χ4n) is 4.84. The molecule has 4 rings (SSSR count). The van der Waals surface area contributed by atoms with Gasteiger partial charge in [-0.15, -0.1) is 0 Å². The molecule has 3 heterocycles. The lowest BCUT2D eigenvalue weighted by molar-refractivity contribution is 0.0644. The van der Waals surface area contributed by atoms with Gasteiger partial charge in [-0.05, 0) is 64.2 Å². The monoisotopic (exact) mass is 440 g/mol. The molecule has 1 amide bonds. The quantitative estimate of drug-likeness (QED) is 0.712. The van der Waals surface area contributed by atoms with E-state index in [2.05, 4.69) is 25.5 Å². The van der Waals surface area contributed by atoms with Crippen molar-refractivity contribution < 1.29 is 9.18 Å². The molecule has 0 saturated carbocycles. The number of rotatable bonds is 6. The van der Waals surface area contributed by atoms with Crippen molar-refractivity contribution in [1.82, 2.24) is 20.2 Å². The topological polar surface area (TPSA) is 73.4 Å². The Bertz CT molecular complexity index is 957. The summed E-state index contributed by atoms with van der Waals surface area (Å²) in [6.45, 7) is 11.9. The van der Waals surface area contributed by atoms with Gasteiger partial charge in [-0.1, -0.05) is 0 Å². The minimum Gasteiger partial charge on any atom is -0.355 e. The number of halogens is 1. The van der Waals surface area contributed by atoms with E-state index in [1.165, 1.54) is 12.1 Å². The van der Waals surface area contributed by atoms with Gasteiger partial charge in [0, 0.05) is 38.3 Å². The number of amides is 1. The van der Waals surface area contributed by atoms with Crippen molar-refractivity contribution in [3.05, 3.63) is 42.1 Å². The number of hydrogen-bond acceptors (Lipinski definition) is 6. The molecule has 1 aromatic heterocycles. The maximum atomic E-state index is 14.2. The molecule has 1 aromatic carbocycles. The number of anilines is 3. The highest BCUT2D eigenvalue weighted by molar-refractivity contribution is 6.01. The van der Waals surface area contributed by atoms with Gasteiger partial charge in [0.2, 0.25) is 0 Å². The van der Waals surface area contributed by atoms with Crippen LogP contribution in [0.1, 0.15) is 50.9 Å². The van der Waals surface area contributed by atoms with E-state index in [4.69, 9.17) is 0 Å². The first-order chi connectivity index (χ1) is 15.3. The molecule has 0 aliphatic carbocycles. The van der Waals surface area contributed by atoms with Gasteiger partial charge in [0.15, 0.2) is 5.82 Å². The zero-order valence-corrected chi connectivity index (χ0v) is 19.4. The lowest BCUT2D eigenvalue weighted by Crippen LogP contribution is -2.58. The second-order valence-corrected chi connectivity index (χ2v) is 9.57. The van der Waals surface area contributed by atoms with Crippen molar-refractivity contribution in [2.45, 2.75) is 52.6 Å². The summed E-state index contributed by atoms with van der Waals surface area (Å²) < 4.78 is 14.2. The van der Waals surface area contributed by atoms with E-state index in [0.29, 0.717) is 16.7 Å². The summed E-state index contributed by atoms with van der Waals surface area (Å²) in [6.07, 6.45) is 5.52. The molecule has 2 aliphatic heterocycles. The Labute approximate surface area is 189 Å². The molecule has 2 aliphatic rings. The Morgan fingerprint density at radius 1 is 1.16 bits per heavy atom. The minimum atomic E-state index is -0.439.